The van der Waals surface area contributed by atoms with E-state index in [1.54, 1.807) is 0 Å². The highest BCUT2D eigenvalue weighted by molar-refractivity contribution is 7.13. The van der Waals surface area contributed by atoms with Crippen LogP contribution in [0.5, 0.6) is 5.88 Å². The van der Waals surface area contributed by atoms with Gasteiger partial charge in [-0.25, -0.2) is 4.79 Å². The van der Waals surface area contributed by atoms with Crippen LogP contribution in [-0.2, 0) is 0 Å². The summed E-state index contributed by atoms with van der Waals surface area (Å²) >= 11 is 1.44. The zero-order valence-corrected chi connectivity index (χ0v) is 11.8. The molecule has 5 nitrogen and oxygen atoms in total. The molecule has 0 unspecified atom stereocenters. The summed E-state index contributed by atoms with van der Waals surface area (Å²) in [5.41, 5.74) is 0. The number of carboxylic acid groups (broad SMARTS) is 1. The number of benzene rings is 1. The summed E-state index contributed by atoms with van der Waals surface area (Å²) in [4.78, 5) is 12.3. The molecule has 1 saturated heterocycles. The average Bonchev–Trinajstić information content (AvgIpc) is 2.89. The van der Waals surface area contributed by atoms with E-state index >= 15 is 0 Å². The summed E-state index contributed by atoms with van der Waals surface area (Å²) in [6.07, 6.45) is 0.887. The van der Waals surface area contributed by atoms with Gasteiger partial charge in [0.1, 0.15) is 0 Å². The van der Waals surface area contributed by atoms with Gasteiger partial charge in [0.2, 0.25) is 5.88 Å². The molecule has 0 radical (unpaired) electrons. The molecule has 0 bridgehead atoms. The molecular formula is C14H16N2O3S. The lowest BCUT2D eigenvalue weighted by Crippen LogP contribution is -2.38. The van der Waals surface area contributed by atoms with E-state index in [4.69, 9.17) is 9.84 Å². The van der Waals surface area contributed by atoms with Crippen LogP contribution in [0.2, 0.25) is 0 Å². The van der Waals surface area contributed by atoms with Crippen molar-refractivity contribution in [1.82, 2.24) is 9.27 Å². The molecule has 0 saturated carbocycles. The van der Waals surface area contributed by atoms with E-state index < -0.39 is 6.09 Å². The number of rotatable bonds is 3. The van der Waals surface area contributed by atoms with Crippen LogP contribution < -0.4 is 4.74 Å². The first kappa shape index (κ1) is 13.2. The SMILES string of the molecule is O=C(O)N1CCC(COc2nsc3ccccc23)CC1. The lowest BCUT2D eigenvalue weighted by Gasteiger charge is -2.29. The molecule has 6 heteroatoms. The van der Waals surface area contributed by atoms with Gasteiger partial charge in [-0.15, -0.1) is 0 Å². The minimum atomic E-state index is -0.824. The van der Waals surface area contributed by atoms with Crippen molar-refractivity contribution in [3.8, 4) is 5.88 Å². The minimum Gasteiger partial charge on any atom is -0.476 e. The van der Waals surface area contributed by atoms with Gasteiger partial charge in [0.15, 0.2) is 0 Å². The van der Waals surface area contributed by atoms with Gasteiger partial charge >= 0.3 is 6.09 Å². The Kier molecular flexibility index (Phi) is 3.73. The number of carbonyl (C=O) groups is 1. The van der Waals surface area contributed by atoms with Gasteiger partial charge in [0.05, 0.1) is 16.7 Å². The molecule has 0 aliphatic carbocycles. The van der Waals surface area contributed by atoms with E-state index in [1.165, 1.54) is 16.4 Å². The summed E-state index contributed by atoms with van der Waals surface area (Å²) in [7, 11) is 0. The third-order valence-electron chi connectivity index (χ3n) is 3.69. The van der Waals surface area contributed by atoms with Gasteiger partial charge in [0.25, 0.3) is 0 Å². The summed E-state index contributed by atoms with van der Waals surface area (Å²) < 4.78 is 11.3. The number of hydrogen-bond acceptors (Lipinski definition) is 4. The summed E-state index contributed by atoms with van der Waals surface area (Å²) in [6.45, 7) is 1.81. The van der Waals surface area contributed by atoms with E-state index in [0.29, 0.717) is 31.5 Å². The van der Waals surface area contributed by atoms with Crippen molar-refractivity contribution >= 4 is 27.7 Å². The van der Waals surface area contributed by atoms with Gasteiger partial charge in [-0.1, -0.05) is 12.1 Å². The van der Waals surface area contributed by atoms with Crippen molar-refractivity contribution in [1.29, 1.82) is 0 Å². The number of ether oxygens (including phenoxy) is 1. The molecule has 1 N–H and O–H groups in total. The number of piperidine rings is 1. The quantitative estimate of drug-likeness (QED) is 0.944. The molecule has 2 heterocycles. The molecule has 3 rings (SSSR count). The summed E-state index contributed by atoms with van der Waals surface area (Å²) in [5, 5.41) is 9.97. The van der Waals surface area contributed by atoms with Crippen LogP contribution >= 0.6 is 11.5 Å². The Hall–Kier alpha value is -1.82. The van der Waals surface area contributed by atoms with Crippen molar-refractivity contribution < 1.29 is 14.6 Å². The fourth-order valence-corrected chi connectivity index (χ4v) is 3.18. The third kappa shape index (κ3) is 2.70. The van der Waals surface area contributed by atoms with Crippen LogP contribution in [0.1, 0.15) is 12.8 Å². The lowest BCUT2D eigenvalue weighted by molar-refractivity contribution is 0.111. The zero-order valence-electron chi connectivity index (χ0n) is 11.0. The first-order valence-corrected chi connectivity index (χ1v) is 7.46. The van der Waals surface area contributed by atoms with E-state index in [-0.39, 0.29) is 0 Å². The van der Waals surface area contributed by atoms with Gasteiger partial charge in [-0.2, -0.15) is 4.37 Å². The maximum atomic E-state index is 10.8. The minimum absolute atomic E-state index is 0.408. The highest BCUT2D eigenvalue weighted by Gasteiger charge is 2.23. The predicted molar refractivity (Wildman–Crippen MR) is 77.4 cm³/mol. The molecular weight excluding hydrogens is 276 g/mol. The largest absolute Gasteiger partial charge is 0.476 e. The highest BCUT2D eigenvalue weighted by Crippen LogP contribution is 2.29. The Morgan fingerprint density at radius 1 is 1.40 bits per heavy atom. The van der Waals surface area contributed by atoms with Crippen LogP contribution in [0.4, 0.5) is 4.79 Å². The molecule has 1 aromatic carbocycles. The molecule has 20 heavy (non-hydrogen) atoms. The molecule has 1 aliphatic heterocycles. The maximum absolute atomic E-state index is 10.8. The van der Waals surface area contributed by atoms with Gasteiger partial charge in [0, 0.05) is 13.1 Å². The maximum Gasteiger partial charge on any atom is 0.407 e. The Balaban J connectivity index is 1.57. The smallest absolute Gasteiger partial charge is 0.407 e. The van der Waals surface area contributed by atoms with E-state index in [2.05, 4.69) is 4.37 Å². The molecule has 0 atom stereocenters. The topological polar surface area (TPSA) is 62.7 Å². The average molecular weight is 292 g/mol. The standard InChI is InChI=1S/C14H16N2O3S/c17-14(18)16-7-5-10(6-8-16)9-19-13-11-3-1-2-4-12(11)20-15-13/h1-4,10H,5-9H2,(H,17,18). The molecule has 0 spiro atoms. The Morgan fingerprint density at radius 2 is 2.15 bits per heavy atom. The van der Waals surface area contributed by atoms with E-state index in [1.807, 2.05) is 24.3 Å². The molecule has 1 fully saturated rings. The molecule has 2 aromatic rings. The number of nitrogens with zero attached hydrogens (tertiary/aromatic N) is 2. The van der Waals surface area contributed by atoms with Crippen LogP contribution in [0.15, 0.2) is 24.3 Å². The Morgan fingerprint density at radius 3 is 2.90 bits per heavy atom. The number of likely N-dealkylation sites (tertiary alicyclic amines) is 1. The second-order valence-corrected chi connectivity index (χ2v) is 5.81. The van der Waals surface area contributed by atoms with E-state index in [0.717, 1.165) is 22.9 Å². The third-order valence-corrected chi connectivity index (χ3v) is 4.49. The second-order valence-electron chi connectivity index (χ2n) is 5.01. The predicted octanol–water partition coefficient (Wildman–Crippen LogP) is 3.07. The van der Waals surface area contributed by atoms with Crippen molar-refractivity contribution in [2.45, 2.75) is 12.8 Å². The Labute approximate surface area is 120 Å². The fraction of sp³-hybridized carbons (Fsp3) is 0.429. The molecule has 1 aliphatic rings. The Bertz CT molecular complexity index is 605. The van der Waals surface area contributed by atoms with Crippen molar-refractivity contribution in [3.05, 3.63) is 24.3 Å². The molecule has 1 aromatic heterocycles. The second kappa shape index (κ2) is 5.66. The molecule has 1 amide bonds. The van der Waals surface area contributed by atoms with Crippen LogP contribution in [0.25, 0.3) is 10.1 Å². The van der Waals surface area contributed by atoms with Crippen LogP contribution in [0.3, 0.4) is 0 Å². The number of aromatic nitrogens is 1. The monoisotopic (exact) mass is 292 g/mol. The fourth-order valence-electron chi connectivity index (χ4n) is 2.45. The number of hydrogen-bond donors (Lipinski definition) is 1. The lowest BCUT2D eigenvalue weighted by atomic mass is 9.98. The summed E-state index contributed by atoms with van der Waals surface area (Å²) in [6, 6.07) is 8.02. The van der Waals surface area contributed by atoms with E-state index in [9.17, 15) is 4.79 Å². The van der Waals surface area contributed by atoms with Crippen molar-refractivity contribution in [2.24, 2.45) is 5.92 Å². The van der Waals surface area contributed by atoms with Crippen LogP contribution in [0, 0.1) is 5.92 Å². The first-order valence-electron chi connectivity index (χ1n) is 6.69. The highest BCUT2D eigenvalue weighted by atomic mass is 32.1. The van der Waals surface area contributed by atoms with Crippen LogP contribution in [-0.4, -0.2) is 40.2 Å². The van der Waals surface area contributed by atoms with Crippen molar-refractivity contribution in [3.63, 3.8) is 0 Å². The first-order chi connectivity index (χ1) is 9.74. The summed E-state index contributed by atoms with van der Waals surface area (Å²) in [5.74, 6) is 1.11. The molecule has 106 valence electrons. The number of fused-ring (bicyclic) bond motifs is 1. The van der Waals surface area contributed by atoms with Gasteiger partial charge in [-0.3, -0.25) is 0 Å². The number of amides is 1. The zero-order chi connectivity index (χ0) is 13.9. The van der Waals surface area contributed by atoms with Gasteiger partial charge < -0.3 is 14.7 Å². The normalized spacial score (nSPS) is 16.5. The van der Waals surface area contributed by atoms with Crippen molar-refractivity contribution in [2.75, 3.05) is 19.7 Å². The van der Waals surface area contributed by atoms with Gasteiger partial charge in [-0.05, 0) is 42.4 Å².